The van der Waals surface area contributed by atoms with Crippen molar-refractivity contribution < 1.29 is 14.1 Å². The van der Waals surface area contributed by atoms with Crippen molar-refractivity contribution in [2.24, 2.45) is 12.1 Å². The van der Waals surface area contributed by atoms with Crippen LogP contribution in [0.4, 0.5) is 22.7 Å². The van der Waals surface area contributed by atoms with Crippen LogP contribution in [0.3, 0.4) is 0 Å². The molecule has 0 aliphatic rings. The number of rotatable bonds is 6. The van der Waals surface area contributed by atoms with Gasteiger partial charge in [-0.3, -0.25) is 5.01 Å². The molecule has 1 aromatic heterocycles. The number of para-hydroxylation sites is 1. The van der Waals surface area contributed by atoms with E-state index in [9.17, 15) is 4.79 Å². The zero-order valence-electron chi connectivity index (χ0n) is 18.8. The van der Waals surface area contributed by atoms with E-state index >= 15 is 0 Å². The first-order chi connectivity index (χ1) is 16.0. The molecule has 0 bridgehead atoms. The van der Waals surface area contributed by atoms with E-state index in [-0.39, 0.29) is 5.71 Å². The van der Waals surface area contributed by atoms with Crippen molar-refractivity contribution in [2.75, 3.05) is 30.2 Å². The lowest BCUT2D eigenvalue weighted by molar-refractivity contribution is -0.644. The fraction of sp³-hybridized carbons (Fsp3) is 0.115. The van der Waals surface area contributed by atoms with Gasteiger partial charge in [-0.05, 0) is 54.6 Å². The highest BCUT2D eigenvalue weighted by molar-refractivity contribution is 6.45. The molecule has 33 heavy (non-hydrogen) atoms. The summed E-state index contributed by atoms with van der Waals surface area (Å²) in [6, 6.07) is 25.1. The number of hydrogen-bond acceptors (Lipinski definition) is 6. The standard InChI is InChI=1S/C26H25N5O2/c1-30-17-16-23(22-6-4-5-7-24(22)30)25(26(32)33-3)29-31(2)21-14-12-20(13-15-21)28-19-10-8-18(27)9-11-19/h4-17,27,29H,1-3H3/p+1. The molecule has 0 amide bonds. The van der Waals surface area contributed by atoms with Gasteiger partial charge in [-0.2, -0.15) is 5.10 Å². The van der Waals surface area contributed by atoms with Crippen LogP contribution in [-0.2, 0) is 16.6 Å². The number of hydrogen-bond donors (Lipinski definition) is 2. The average molecular weight is 441 g/mol. The molecule has 0 saturated carbocycles. The molecule has 1 heterocycles. The van der Waals surface area contributed by atoms with Gasteiger partial charge >= 0.3 is 5.97 Å². The minimum absolute atomic E-state index is 0.237. The molecule has 4 aromatic rings. The second-order valence-corrected chi connectivity index (χ2v) is 7.62. The van der Waals surface area contributed by atoms with Crippen molar-refractivity contribution in [1.82, 2.24) is 0 Å². The van der Waals surface area contributed by atoms with E-state index in [0.717, 1.165) is 33.7 Å². The first-order valence-electron chi connectivity index (χ1n) is 10.5. The Hall–Kier alpha value is -4.39. The molecule has 7 nitrogen and oxygen atoms in total. The molecule has 0 radical (unpaired) electrons. The maximum absolute atomic E-state index is 12.7. The number of benzene rings is 3. The van der Waals surface area contributed by atoms with Crippen molar-refractivity contribution in [2.45, 2.75) is 0 Å². The number of esters is 1. The Morgan fingerprint density at radius 3 is 2.27 bits per heavy atom. The SMILES string of the molecule is COC(=O)C(=NN(C)c1ccc(Nc2ccc(N)cc2)cc1)c1cc[n+](C)c2ccccc12. The molecule has 7 heteroatoms. The number of aromatic nitrogens is 1. The summed E-state index contributed by atoms with van der Waals surface area (Å²) in [5, 5.41) is 10.5. The highest BCUT2D eigenvalue weighted by atomic mass is 16.5. The number of carbonyl (C=O) groups excluding carboxylic acids is 1. The molecule has 0 unspecified atom stereocenters. The molecule has 0 fully saturated rings. The Balaban J connectivity index is 1.64. The number of pyridine rings is 1. The molecule has 3 N–H and O–H groups in total. The third kappa shape index (κ3) is 4.77. The van der Waals surface area contributed by atoms with Crippen LogP contribution in [0, 0.1) is 0 Å². The largest absolute Gasteiger partial charge is 0.464 e. The molecule has 0 aliphatic heterocycles. The number of methoxy groups -OCH3 is 1. The third-order valence-corrected chi connectivity index (χ3v) is 5.36. The number of hydrazone groups is 1. The average Bonchev–Trinajstić information content (AvgIpc) is 2.84. The number of carbonyl (C=O) groups is 1. The Morgan fingerprint density at radius 1 is 0.970 bits per heavy atom. The second-order valence-electron chi connectivity index (χ2n) is 7.62. The van der Waals surface area contributed by atoms with Gasteiger partial charge in [-0.25, -0.2) is 9.36 Å². The van der Waals surface area contributed by atoms with Crippen molar-refractivity contribution in [3.8, 4) is 0 Å². The third-order valence-electron chi connectivity index (χ3n) is 5.36. The summed E-state index contributed by atoms with van der Waals surface area (Å²) in [5.41, 5.74) is 11.1. The predicted octanol–water partition coefficient (Wildman–Crippen LogP) is 4.00. The molecule has 3 aromatic carbocycles. The Labute approximate surface area is 192 Å². The highest BCUT2D eigenvalue weighted by Crippen LogP contribution is 2.23. The van der Waals surface area contributed by atoms with E-state index in [1.165, 1.54) is 7.11 Å². The summed E-state index contributed by atoms with van der Waals surface area (Å²) in [5.74, 6) is -0.498. The molecular formula is C26H26N5O2+. The molecule has 0 saturated heterocycles. The molecule has 0 atom stereocenters. The van der Waals surface area contributed by atoms with Crippen molar-refractivity contribution >= 4 is 45.3 Å². The highest BCUT2D eigenvalue weighted by Gasteiger charge is 2.21. The quantitative estimate of drug-likeness (QED) is 0.156. The van der Waals surface area contributed by atoms with E-state index in [2.05, 4.69) is 10.4 Å². The van der Waals surface area contributed by atoms with Crippen LogP contribution in [0.15, 0.2) is 90.2 Å². The molecule has 4 rings (SSSR count). The maximum atomic E-state index is 12.7. The van der Waals surface area contributed by atoms with Gasteiger partial charge in [0.2, 0.25) is 5.52 Å². The number of fused-ring (bicyclic) bond motifs is 1. The molecule has 0 aliphatic carbocycles. The van der Waals surface area contributed by atoms with Gasteiger partial charge in [0, 0.05) is 41.8 Å². The number of nitrogen functional groups attached to an aromatic ring is 1. The number of anilines is 4. The second kappa shape index (κ2) is 9.40. The maximum Gasteiger partial charge on any atom is 0.359 e. The van der Waals surface area contributed by atoms with E-state index in [0.29, 0.717) is 5.56 Å². The Bertz CT molecular complexity index is 1320. The van der Waals surface area contributed by atoms with E-state index in [1.807, 2.05) is 96.7 Å². The number of nitrogens with zero attached hydrogens (tertiary/aromatic N) is 3. The fourth-order valence-electron chi connectivity index (χ4n) is 3.57. The van der Waals surface area contributed by atoms with Gasteiger partial charge in [0.25, 0.3) is 0 Å². The van der Waals surface area contributed by atoms with Crippen LogP contribution < -0.4 is 20.6 Å². The molecule has 0 spiro atoms. The molecular weight excluding hydrogens is 414 g/mol. The predicted molar refractivity (Wildman–Crippen MR) is 133 cm³/mol. The summed E-state index contributed by atoms with van der Waals surface area (Å²) in [4.78, 5) is 12.7. The smallest absolute Gasteiger partial charge is 0.359 e. The van der Waals surface area contributed by atoms with Crippen LogP contribution in [0.25, 0.3) is 10.9 Å². The number of aryl methyl sites for hydroxylation is 1. The number of ether oxygens (including phenoxy) is 1. The van der Waals surface area contributed by atoms with Crippen molar-refractivity contribution in [1.29, 1.82) is 0 Å². The van der Waals surface area contributed by atoms with Gasteiger partial charge in [-0.1, -0.05) is 12.1 Å². The fourth-order valence-corrected chi connectivity index (χ4v) is 3.57. The number of nitrogens with one attached hydrogen (secondary N) is 1. The minimum atomic E-state index is -0.498. The number of nitrogens with two attached hydrogens (primary N) is 1. The van der Waals surface area contributed by atoms with E-state index < -0.39 is 5.97 Å². The van der Waals surface area contributed by atoms with Crippen molar-refractivity contribution in [3.05, 3.63) is 90.6 Å². The van der Waals surface area contributed by atoms with Crippen LogP contribution in [-0.4, -0.2) is 25.8 Å². The minimum Gasteiger partial charge on any atom is -0.464 e. The van der Waals surface area contributed by atoms with Crippen molar-refractivity contribution in [3.63, 3.8) is 0 Å². The summed E-state index contributed by atoms with van der Waals surface area (Å²) < 4.78 is 7.06. The van der Waals surface area contributed by atoms with Gasteiger partial charge < -0.3 is 15.8 Å². The van der Waals surface area contributed by atoms with Gasteiger partial charge in [-0.15, -0.1) is 0 Å². The lowest BCUT2D eigenvalue weighted by atomic mass is 10.0. The zero-order valence-corrected chi connectivity index (χ0v) is 18.8. The lowest BCUT2D eigenvalue weighted by Crippen LogP contribution is -2.30. The first kappa shape index (κ1) is 21.8. The van der Waals surface area contributed by atoms with Gasteiger partial charge in [0.05, 0.1) is 18.2 Å². The monoisotopic (exact) mass is 440 g/mol. The van der Waals surface area contributed by atoms with Crippen LogP contribution in [0.5, 0.6) is 0 Å². The summed E-state index contributed by atoms with van der Waals surface area (Å²) in [7, 11) is 5.13. The Kier molecular flexibility index (Phi) is 6.22. The van der Waals surface area contributed by atoms with E-state index in [1.54, 1.807) is 12.1 Å². The van der Waals surface area contributed by atoms with Crippen LogP contribution in [0.1, 0.15) is 5.56 Å². The van der Waals surface area contributed by atoms with Crippen LogP contribution in [0.2, 0.25) is 0 Å². The summed E-state index contributed by atoms with van der Waals surface area (Å²) in [6.45, 7) is 0. The van der Waals surface area contributed by atoms with Gasteiger partial charge in [0.1, 0.15) is 7.05 Å². The zero-order chi connectivity index (χ0) is 23.4. The lowest BCUT2D eigenvalue weighted by Gasteiger charge is -2.16. The Morgan fingerprint density at radius 2 is 1.61 bits per heavy atom. The topological polar surface area (TPSA) is 83.8 Å². The normalized spacial score (nSPS) is 11.3. The molecule has 166 valence electrons. The summed E-state index contributed by atoms with van der Waals surface area (Å²) >= 11 is 0. The van der Waals surface area contributed by atoms with E-state index in [4.69, 9.17) is 10.5 Å². The van der Waals surface area contributed by atoms with Gasteiger partial charge in [0.15, 0.2) is 11.9 Å². The van der Waals surface area contributed by atoms with Crippen LogP contribution >= 0.6 is 0 Å². The first-order valence-corrected chi connectivity index (χ1v) is 10.5. The summed E-state index contributed by atoms with van der Waals surface area (Å²) in [6.07, 6.45) is 1.91.